The first-order valence-electron chi connectivity index (χ1n) is 11.0. The van der Waals surface area contributed by atoms with Crippen LogP contribution >= 0.6 is 0 Å². The van der Waals surface area contributed by atoms with Crippen LogP contribution in [0, 0.1) is 0 Å². The maximum Gasteiger partial charge on any atom is 0.257 e. The van der Waals surface area contributed by atoms with E-state index in [0.29, 0.717) is 29.3 Å². The van der Waals surface area contributed by atoms with Gasteiger partial charge in [0.1, 0.15) is 0 Å². The summed E-state index contributed by atoms with van der Waals surface area (Å²) >= 11 is 0. The number of hydrazone groups is 1. The summed E-state index contributed by atoms with van der Waals surface area (Å²) in [4.78, 5) is 29.4. The van der Waals surface area contributed by atoms with Crippen LogP contribution in [-0.4, -0.2) is 48.3 Å². The molecule has 174 valence electrons. The number of benzene rings is 2. The van der Waals surface area contributed by atoms with Crippen LogP contribution in [-0.2, 0) is 11.2 Å². The van der Waals surface area contributed by atoms with Gasteiger partial charge in [0.25, 0.3) is 5.91 Å². The Balaban J connectivity index is 1.45. The summed E-state index contributed by atoms with van der Waals surface area (Å²) in [6, 6.07) is 16.3. The minimum absolute atomic E-state index is 0.103. The number of carbonyl (C=O) groups excluding carboxylic acids is 2. The highest BCUT2D eigenvalue weighted by Crippen LogP contribution is 2.29. The average Bonchev–Trinajstić information content (AvgIpc) is 2.89. The molecule has 1 aliphatic heterocycles. The molecule has 0 radical (unpaired) electrons. The van der Waals surface area contributed by atoms with Crippen molar-refractivity contribution < 1.29 is 19.1 Å². The van der Waals surface area contributed by atoms with Crippen molar-refractivity contribution in [2.45, 2.75) is 19.3 Å². The normalized spacial score (nSPS) is 13.1. The predicted octanol–water partition coefficient (Wildman–Crippen LogP) is 3.92. The third kappa shape index (κ3) is 5.40. The molecule has 1 aliphatic rings. The number of aromatic nitrogens is 1. The van der Waals surface area contributed by atoms with Crippen LogP contribution in [0.1, 0.15) is 34.3 Å². The maximum absolute atomic E-state index is 13.0. The van der Waals surface area contributed by atoms with Gasteiger partial charge in [0, 0.05) is 30.2 Å². The zero-order valence-corrected chi connectivity index (χ0v) is 19.2. The molecule has 0 atom stereocenters. The van der Waals surface area contributed by atoms with Crippen molar-refractivity contribution in [1.82, 2.24) is 9.99 Å². The van der Waals surface area contributed by atoms with E-state index >= 15 is 0 Å². The summed E-state index contributed by atoms with van der Waals surface area (Å²) < 4.78 is 10.7. The molecule has 0 saturated heterocycles. The van der Waals surface area contributed by atoms with Crippen LogP contribution in [0.3, 0.4) is 0 Å². The lowest BCUT2D eigenvalue weighted by molar-refractivity contribution is -0.130. The van der Waals surface area contributed by atoms with Gasteiger partial charge in [0.05, 0.1) is 31.9 Å². The average molecular weight is 459 g/mol. The van der Waals surface area contributed by atoms with Crippen LogP contribution in [0.15, 0.2) is 72.1 Å². The van der Waals surface area contributed by atoms with E-state index in [1.165, 1.54) is 11.2 Å². The molecule has 2 heterocycles. The number of hydrogen-bond acceptors (Lipinski definition) is 6. The fraction of sp³-hybridized carbons (Fsp3) is 0.231. The van der Waals surface area contributed by atoms with E-state index in [1.807, 2.05) is 30.3 Å². The van der Waals surface area contributed by atoms with Gasteiger partial charge in [-0.3, -0.25) is 14.6 Å². The van der Waals surface area contributed by atoms with Gasteiger partial charge in [-0.25, -0.2) is 5.01 Å². The largest absolute Gasteiger partial charge is 0.493 e. The Labute approximate surface area is 198 Å². The quantitative estimate of drug-likeness (QED) is 0.579. The minimum atomic E-state index is -0.253. The summed E-state index contributed by atoms with van der Waals surface area (Å²) in [5, 5.41) is 8.99. The van der Waals surface area contributed by atoms with Crippen molar-refractivity contribution in [1.29, 1.82) is 0 Å². The van der Waals surface area contributed by atoms with Crippen LogP contribution in [0.4, 0.5) is 5.69 Å². The second-order valence-corrected chi connectivity index (χ2v) is 7.81. The van der Waals surface area contributed by atoms with Crippen LogP contribution in [0.5, 0.6) is 11.5 Å². The van der Waals surface area contributed by atoms with Crippen LogP contribution in [0.2, 0.25) is 0 Å². The van der Waals surface area contributed by atoms with Crippen LogP contribution < -0.4 is 14.8 Å². The molecular formula is C26H26N4O4. The third-order valence-electron chi connectivity index (χ3n) is 5.49. The van der Waals surface area contributed by atoms with Crippen molar-refractivity contribution in [3.05, 3.63) is 83.7 Å². The number of nitrogens with one attached hydrogen (secondary N) is 1. The summed E-state index contributed by atoms with van der Waals surface area (Å²) in [7, 11) is 3.18. The fourth-order valence-corrected chi connectivity index (χ4v) is 3.77. The molecule has 0 saturated carbocycles. The first-order chi connectivity index (χ1) is 16.6. The smallest absolute Gasteiger partial charge is 0.257 e. The number of methoxy groups -OCH3 is 2. The number of anilines is 1. The van der Waals surface area contributed by atoms with Crippen molar-refractivity contribution in [2.24, 2.45) is 5.10 Å². The van der Waals surface area contributed by atoms with Crippen molar-refractivity contribution in [3.8, 4) is 11.5 Å². The molecule has 1 aromatic heterocycles. The van der Waals surface area contributed by atoms with E-state index in [9.17, 15) is 9.59 Å². The number of ether oxygens (including phenoxy) is 2. The zero-order valence-electron chi connectivity index (χ0n) is 19.2. The molecule has 8 heteroatoms. The van der Waals surface area contributed by atoms with Crippen LogP contribution in [0.25, 0.3) is 0 Å². The molecule has 8 nitrogen and oxygen atoms in total. The summed E-state index contributed by atoms with van der Waals surface area (Å²) in [6.45, 7) is 0.563. The topological polar surface area (TPSA) is 93.1 Å². The maximum atomic E-state index is 13.0. The molecule has 34 heavy (non-hydrogen) atoms. The first-order valence-corrected chi connectivity index (χ1v) is 11.0. The number of nitrogens with zero attached hydrogens (tertiary/aromatic N) is 3. The highest BCUT2D eigenvalue weighted by atomic mass is 16.5. The number of rotatable bonds is 7. The Morgan fingerprint density at radius 2 is 1.88 bits per heavy atom. The monoisotopic (exact) mass is 458 g/mol. The van der Waals surface area contributed by atoms with E-state index in [0.717, 1.165) is 29.7 Å². The zero-order chi connectivity index (χ0) is 23.9. The molecule has 1 N–H and O–H groups in total. The van der Waals surface area contributed by atoms with E-state index < -0.39 is 0 Å². The third-order valence-corrected chi connectivity index (χ3v) is 5.49. The Bertz CT molecular complexity index is 1210. The Kier molecular flexibility index (Phi) is 7.17. The molecule has 0 spiro atoms. The first kappa shape index (κ1) is 23.0. The summed E-state index contributed by atoms with van der Waals surface area (Å²) in [6.07, 6.45) is 4.89. The lowest BCUT2D eigenvalue weighted by atomic mass is 10.0. The van der Waals surface area contributed by atoms with Gasteiger partial charge in [-0.05, 0) is 60.9 Å². The summed E-state index contributed by atoms with van der Waals surface area (Å²) in [5.74, 6) is 0.910. The van der Waals surface area contributed by atoms with E-state index in [1.54, 1.807) is 44.7 Å². The SMILES string of the molecule is COc1ccc(C2=NN(C(=O)Cc3cccc(NC(=O)c4cccnc4)c3)CCC2)cc1OC. The molecule has 0 fully saturated rings. The van der Waals surface area contributed by atoms with Gasteiger partial charge in [-0.15, -0.1) is 0 Å². The van der Waals surface area contributed by atoms with E-state index in [4.69, 9.17) is 9.47 Å². The molecule has 0 aliphatic carbocycles. The Morgan fingerprint density at radius 3 is 2.65 bits per heavy atom. The molecule has 0 bridgehead atoms. The minimum Gasteiger partial charge on any atom is -0.493 e. The molecular weight excluding hydrogens is 432 g/mol. The number of carbonyl (C=O) groups is 2. The summed E-state index contributed by atoms with van der Waals surface area (Å²) in [5.41, 5.74) is 3.61. The van der Waals surface area contributed by atoms with Crippen molar-refractivity contribution in [3.63, 3.8) is 0 Å². The van der Waals surface area contributed by atoms with Gasteiger partial charge in [-0.1, -0.05) is 12.1 Å². The molecule has 2 amide bonds. The molecule has 4 rings (SSSR count). The van der Waals surface area contributed by atoms with Gasteiger partial charge >= 0.3 is 0 Å². The fourth-order valence-electron chi connectivity index (χ4n) is 3.77. The molecule has 3 aromatic rings. The highest BCUT2D eigenvalue weighted by Gasteiger charge is 2.20. The Morgan fingerprint density at radius 1 is 1.03 bits per heavy atom. The number of amides is 2. The lowest BCUT2D eigenvalue weighted by Crippen LogP contribution is -2.33. The van der Waals surface area contributed by atoms with Crippen molar-refractivity contribution in [2.75, 3.05) is 26.1 Å². The molecule has 2 aromatic carbocycles. The van der Waals surface area contributed by atoms with Gasteiger partial charge in [0.2, 0.25) is 5.91 Å². The second kappa shape index (κ2) is 10.6. The van der Waals surface area contributed by atoms with Gasteiger partial charge in [0.15, 0.2) is 11.5 Å². The van der Waals surface area contributed by atoms with Gasteiger partial charge in [-0.2, -0.15) is 5.10 Å². The highest BCUT2D eigenvalue weighted by molar-refractivity contribution is 6.04. The van der Waals surface area contributed by atoms with E-state index in [-0.39, 0.29) is 18.2 Å². The number of hydrogen-bond donors (Lipinski definition) is 1. The lowest BCUT2D eigenvalue weighted by Gasteiger charge is -2.24. The number of pyridine rings is 1. The second-order valence-electron chi connectivity index (χ2n) is 7.81. The molecule has 0 unspecified atom stereocenters. The van der Waals surface area contributed by atoms with Gasteiger partial charge < -0.3 is 14.8 Å². The van der Waals surface area contributed by atoms with Crippen molar-refractivity contribution >= 4 is 23.2 Å². The predicted molar refractivity (Wildman–Crippen MR) is 129 cm³/mol. The standard InChI is InChI=1S/C26H26N4O4/c1-33-23-11-10-19(16-24(23)34-2)22-9-5-13-30(29-22)25(31)15-18-6-3-8-21(14-18)28-26(32)20-7-4-12-27-17-20/h3-4,6-8,10-12,14,16-17H,5,9,13,15H2,1-2H3,(H,28,32). The Hall–Kier alpha value is -4.20. The van der Waals surface area contributed by atoms with E-state index in [2.05, 4.69) is 15.4 Å².